The first-order valence-electron chi connectivity index (χ1n) is 17.4. The highest BCUT2D eigenvalue weighted by Gasteiger charge is 2.31. The van der Waals surface area contributed by atoms with E-state index in [2.05, 4.69) is 162 Å². The fraction of sp³-hybridized carbons (Fsp3) is 0.0667. The Hall–Kier alpha value is -5.34. The first-order chi connectivity index (χ1) is 25.3. The standard InChI is InChI=1S/C45H31N3OS2/c1-2-11-26(12-3-1)43-46-44(48-45(47-43)33-18-10-22-39-41(33)32-14-5-7-20-36(32)50-39)27-23-24-37-34(25-27)40-29(15-9-21-38(40)51-37)31-17-8-16-30-28-13-4-6-19-35(28)49-42(30)31/h1-25,43-48H. The maximum absolute atomic E-state index is 6.53. The van der Waals surface area contributed by atoms with Gasteiger partial charge in [0.15, 0.2) is 0 Å². The van der Waals surface area contributed by atoms with Gasteiger partial charge in [0.2, 0.25) is 0 Å². The number of benzene rings is 7. The fourth-order valence-corrected chi connectivity index (χ4v) is 10.4. The highest BCUT2D eigenvalue weighted by atomic mass is 32.1. The summed E-state index contributed by atoms with van der Waals surface area (Å²) in [7, 11) is 0. The fourth-order valence-electron chi connectivity index (χ4n) is 8.10. The molecule has 3 unspecified atom stereocenters. The highest BCUT2D eigenvalue weighted by molar-refractivity contribution is 7.26. The molecule has 0 aliphatic carbocycles. The lowest BCUT2D eigenvalue weighted by Crippen LogP contribution is -2.54. The number of rotatable bonds is 4. The summed E-state index contributed by atoms with van der Waals surface area (Å²) in [6, 6.07) is 54.7. The van der Waals surface area contributed by atoms with E-state index in [1.807, 2.05) is 28.7 Å². The van der Waals surface area contributed by atoms with Crippen molar-refractivity contribution in [2.75, 3.05) is 0 Å². The average molecular weight is 694 g/mol. The van der Waals surface area contributed by atoms with Crippen molar-refractivity contribution in [1.82, 2.24) is 16.0 Å². The normalized spacial score (nSPS) is 18.2. The van der Waals surface area contributed by atoms with Gasteiger partial charge in [-0.25, -0.2) is 0 Å². The van der Waals surface area contributed by atoms with Gasteiger partial charge in [-0.3, -0.25) is 16.0 Å². The Bertz CT molecular complexity index is 2940. The van der Waals surface area contributed by atoms with E-state index in [0.29, 0.717) is 0 Å². The average Bonchev–Trinajstić information content (AvgIpc) is 3.89. The summed E-state index contributed by atoms with van der Waals surface area (Å²) >= 11 is 3.71. The number of fused-ring (bicyclic) bond motifs is 9. The monoisotopic (exact) mass is 693 g/mol. The quantitative estimate of drug-likeness (QED) is 0.172. The Morgan fingerprint density at radius 1 is 0.412 bits per heavy atom. The minimum atomic E-state index is -0.105. The molecular formula is C45H31N3OS2. The van der Waals surface area contributed by atoms with Crippen LogP contribution in [0, 0.1) is 0 Å². The Morgan fingerprint density at radius 2 is 1.04 bits per heavy atom. The molecule has 1 saturated heterocycles. The summed E-state index contributed by atoms with van der Waals surface area (Å²) in [4.78, 5) is 0. The predicted molar refractivity (Wildman–Crippen MR) is 215 cm³/mol. The predicted octanol–water partition coefficient (Wildman–Crippen LogP) is 12.2. The molecule has 6 heteroatoms. The van der Waals surface area contributed by atoms with Crippen molar-refractivity contribution >= 4 is 85.0 Å². The molecule has 51 heavy (non-hydrogen) atoms. The molecular weight excluding hydrogens is 663 g/mol. The van der Waals surface area contributed by atoms with Crippen LogP contribution in [-0.2, 0) is 0 Å². The number of para-hydroxylation sites is 2. The molecule has 10 aromatic rings. The van der Waals surface area contributed by atoms with Gasteiger partial charge in [0.25, 0.3) is 0 Å². The Kier molecular flexibility index (Phi) is 6.69. The maximum atomic E-state index is 6.53. The molecule has 4 heterocycles. The van der Waals surface area contributed by atoms with Crippen LogP contribution < -0.4 is 16.0 Å². The molecule has 3 aromatic heterocycles. The largest absolute Gasteiger partial charge is 0.455 e. The van der Waals surface area contributed by atoms with Crippen LogP contribution in [0.3, 0.4) is 0 Å². The van der Waals surface area contributed by atoms with Crippen LogP contribution in [0.4, 0.5) is 0 Å². The minimum absolute atomic E-state index is 0.0567. The summed E-state index contributed by atoms with van der Waals surface area (Å²) in [5.41, 5.74) is 7.85. The number of nitrogens with one attached hydrogen (secondary N) is 3. The van der Waals surface area contributed by atoms with Crippen LogP contribution in [0.5, 0.6) is 0 Å². The van der Waals surface area contributed by atoms with Gasteiger partial charge in [0.1, 0.15) is 11.2 Å². The van der Waals surface area contributed by atoms with Crippen molar-refractivity contribution in [2.24, 2.45) is 0 Å². The van der Waals surface area contributed by atoms with E-state index in [4.69, 9.17) is 4.42 Å². The van der Waals surface area contributed by atoms with Crippen LogP contribution in [-0.4, -0.2) is 0 Å². The zero-order chi connectivity index (χ0) is 33.5. The van der Waals surface area contributed by atoms with Gasteiger partial charge in [-0.15, -0.1) is 22.7 Å². The first-order valence-corrected chi connectivity index (χ1v) is 19.0. The third-order valence-electron chi connectivity index (χ3n) is 10.4. The number of furan rings is 1. The lowest BCUT2D eigenvalue weighted by molar-refractivity contribution is 0.204. The molecule has 1 fully saturated rings. The third-order valence-corrected chi connectivity index (χ3v) is 12.7. The Labute approximate surface area is 302 Å². The van der Waals surface area contributed by atoms with Gasteiger partial charge in [-0.2, -0.15) is 0 Å². The second-order valence-corrected chi connectivity index (χ2v) is 15.5. The third kappa shape index (κ3) is 4.69. The molecule has 7 aromatic carbocycles. The van der Waals surface area contributed by atoms with Crippen molar-refractivity contribution in [1.29, 1.82) is 0 Å². The SMILES string of the molecule is c1ccc(C2NC(c3ccc4sc5cccc(-c6cccc7c6oc6ccccc67)c5c4c3)NC(c3cccc4sc5ccccc5c34)N2)cc1. The second kappa shape index (κ2) is 11.6. The Balaban J connectivity index is 1.07. The van der Waals surface area contributed by atoms with Crippen molar-refractivity contribution in [3.63, 3.8) is 0 Å². The van der Waals surface area contributed by atoms with Crippen molar-refractivity contribution in [2.45, 2.75) is 18.5 Å². The minimum Gasteiger partial charge on any atom is -0.455 e. The van der Waals surface area contributed by atoms with E-state index in [1.165, 1.54) is 62.6 Å². The van der Waals surface area contributed by atoms with Crippen molar-refractivity contribution in [3.05, 3.63) is 168 Å². The topological polar surface area (TPSA) is 49.2 Å². The highest BCUT2D eigenvalue weighted by Crippen LogP contribution is 2.45. The molecule has 11 rings (SSSR count). The molecule has 0 saturated carbocycles. The molecule has 0 bridgehead atoms. The molecule has 3 N–H and O–H groups in total. The van der Waals surface area contributed by atoms with Crippen LogP contribution in [0.2, 0.25) is 0 Å². The second-order valence-electron chi connectivity index (χ2n) is 13.3. The smallest absolute Gasteiger partial charge is 0.143 e. The Morgan fingerprint density at radius 3 is 1.92 bits per heavy atom. The van der Waals surface area contributed by atoms with E-state index in [9.17, 15) is 0 Å². The maximum Gasteiger partial charge on any atom is 0.143 e. The zero-order valence-corrected chi connectivity index (χ0v) is 29.0. The molecule has 4 nitrogen and oxygen atoms in total. The van der Waals surface area contributed by atoms with Gasteiger partial charge in [-0.05, 0) is 58.7 Å². The van der Waals surface area contributed by atoms with Gasteiger partial charge < -0.3 is 4.42 Å². The molecule has 3 atom stereocenters. The van der Waals surface area contributed by atoms with Gasteiger partial charge in [0, 0.05) is 56.7 Å². The first kappa shape index (κ1) is 29.4. The summed E-state index contributed by atoms with van der Waals surface area (Å²) < 4.78 is 11.7. The molecule has 0 amide bonds. The summed E-state index contributed by atoms with van der Waals surface area (Å²) in [6.45, 7) is 0. The van der Waals surface area contributed by atoms with E-state index in [0.717, 1.165) is 27.5 Å². The van der Waals surface area contributed by atoms with E-state index in [-0.39, 0.29) is 18.5 Å². The number of hydrogen-bond acceptors (Lipinski definition) is 6. The number of thiophene rings is 2. The van der Waals surface area contributed by atoms with Gasteiger partial charge in [0.05, 0.1) is 18.5 Å². The molecule has 1 aliphatic heterocycles. The van der Waals surface area contributed by atoms with E-state index < -0.39 is 0 Å². The lowest BCUT2D eigenvalue weighted by atomic mass is 9.96. The summed E-state index contributed by atoms with van der Waals surface area (Å²) in [5.74, 6) is 0. The van der Waals surface area contributed by atoms with E-state index in [1.54, 1.807) is 0 Å². The van der Waals surface area contributed by atoms with E-state index >= 15 is 0 Å². The lowest BCUT2D eigenvalue weighted by Gasteiger charge is -2.40. The summed E-state index contributed by atoms with van der Waals surface area (Å²) in [5, 5.41) is 19.3. The van der Waals surface area contributed by atoms with Crippen LogP contribution in [0.1, 0.15) is 35.2 Å². The zero-order valence-electron chi connectivity index (χ0n) is 27.4. The van der Waals surface area contributed by atoms with Gasteiger partial charge in [-0.1, -0.05) is 115 Å². The van der Waals surface area contributed by atoms with Crippen molar-refractivity contribution in [3.8, 4) is 11.1 Å². The molecule has 1 aliphatic rings. The molecule has 0 radical (unpaired) electrons. The van der Waals surface area contributed by atoms with Gasteiger partial charge >= 0.3 is 0 Å². The van der Waals surface area contributed by atoms with Crippen LogP contribution in [0.15, 0.2) is 156 Å². The van der Waals surface area contributed by atoms with Crippen LogP contribution in [0.25, 0.3) is 73.4 Å². The van der Waals surface area contributed by atoms with Crippen molar-refractivity contribution < 1.29 is 4.42 Å². The summed E-state index contributed by atoms with van der Waals surface area (Å²) in [6.07, 6.45) is -0.245. The van der Waals surface area contributed by atoms with Crippen LogP contribution >= 0.6 is 22.7 Å². The molecule has 244 valence electrons. The molecule has 0 spiro atoms. The number of hydrogen-bond donors (Lipinski definition) is 3.